The molecule has 26 heavy (non-hydrogen) atoms. The summed E-state index contributed by atoms with van der Waals surface area (Å²) in [4.78, 5) is 9.17. The van der Waals surface area contributed by atoms with Crippen LogP contribution in [0.4, 0.5) is 5.82 Å². The van der Waals surface area contributed by atoms with Crippen LogP contribution in [-0.2, 0) is 6.42 Å². The second-order valence-corrected chi connectivity index (χ2v) is 6.38. The molecule has 0 aliphatic rings. The first-order valence-corrected chi connectivity index (χ1v) is 8.94. The van der Waals surface area contributed by atoms with E-state index in [9.17, 15) is 0 Å². The highest BCUT2D eigenvalue weighted by Gasteiger charge is 2.10. The average Bonchev–Trinajstić information content (AvgIpc) is 2.67. The monoisotopic (exact) mass is 347 g/mol. The summed E-state index contributed by atoms with van der Waals surface area (Å²) >= 11 is 0. The second-order valence-electron chi connectivity index (χ2n) is 6.38. The van der Waals surface area contributed by atoms with Crippen molar-refractivity contribution in [3.8, 4) is 17.0 Å². The molecule has 0 aliphatic carbocycles. The zero-order valence-electron chi connectivity index (χ0n) is 15.8. The first kappa shape index (κ1) is 17.9. The molecule has 0 aliphatic heterocycles. The molecule has 0 amide bonds. The molecule has 4 heteroatoms. The predicted octanol–water partition coefficient (Wildman–Crippen LogP) is 5.20. The van der Waals surface area contributed by atoms with Crippen LogP contribution in [0.2, 0.25) is 0 Å². The molecule has 1 aromatic heterocycles. The van der Waals surface area contributed by atoms with Gasteiger partial charge in [0.05, 0.1) is 18.8 Å². The maximum absolute atomic E-state index is 5.32. The minimum Gasteiger partial charge on any atom is -0.497 e. The van der Waals surface area contributed by atoms with Crippen LogP contribution in [-0.4, -0.2) is 17.1 Å². The van der Waals surface area contributed by atoms with Gasteiger partial charge in [-0.3, -0.25) is 0 Å². The van der Waals surface area contributed by atoms with Crippen LogP contribution in [0, 0.1) is 6.92 Å². The van der Waals surface area contributed by atoms with Gasteiger partial charge in [0.2, 0.25) is 0 Å². The fraction of sp³-hybridized carbons (Fsp3) is 0.273. The molecule has 0 fully saturated rings. The van der Waals surface area contributed by atoms with Gasteiger partial charge in [-0.25, -0.2) is 9.97 Å². The summed E-state index contributed by atoms with van der Waals surface area (Å²) in [6.45, 7) is 6.20. The predicted molar refractivity (Wildman–Crippen MR) is 107 cm³/mol. The minimum absolute atomic E-state index is 0.106. The van der Waals surface area contributed by atoms with Crippen molar-refractivity contribution in [2.45, 2.75) is 33.2 Å². The number of benzene rings is 2. The van der Waals surface area contributed by atoms with E-state index in [1.54, 1.807) is 7.11 Å². The number of anilines is 1. The summed E-state index contributed by atoms with van der Waals surface area (Å²) in [7, 11) is 1.68. The maximum Gasteiger partial charge on any atom is 0.130 e. The Bertz CT molecular complexity index is 892. The molecule has 2 aromatic carbocycles. The molecular formula is C22H25N3O. The van der Waals surface area contributed by atoms with Gasteiger partial charge in [-0.15, -0.1) is 0 Å². The van der Waals surface area contributed by atoms with E-state index in [-0.39, 0.29) is 6.04 Å². The number of rotatable bonds is 6. The van der Waals surface area contributed by atoms with Crippen LogP contribution in [0.15, 0.2) is 54.6 Å². The highest BCUT2D eigenvalue weighted by molar-refractivity contribution is 5.63. The molecule has 4 nitrogen and oxygen atoms in total. The molecule has 0 spiro atoms. The van der Waals surface area contributed by atoms with E-state index in [4.69, 9.17) is 4.74 Å². The first-order chi connectivity index (χ1) is 12.6. The summed E-state index contributed by atoms with van der Waals surface area (Å²) in [5.41, 5.74) is 4.51. The molecule has 3 rings (SSSR count). The van der Waals surface area contributed by atoms with Crippen LogP contribution in [0.1, 0.15) is 36.8 Å². The summed E-state index contributed by atoms with van der Waals surface area (Å²) in [6, 6.07) is 18.7. The molecule has 0 radical (unpaired) electrons. The van der Waals surface area contributed by atoms with Gasteiger partial charge in [0.15, 0.2) is 0 Å². The van der Waals surface area contributed by atoms with E-state index in [0.29, 0.717) is 0 Å². The summed E-state index contributed by atoms with van der Waals surface area (Å²) in [5, 5.41) is 3.48. The average molecular weight is 347 g/mol. The third kappa shape index (κ3) is 4.20. The molecule has 0 saturated heterocycles. The highest BCUT2D eigenvalue weighted by Crippen LogP contribution is 2.25. The van der Waals surface area contributed by atoms with Crippen LogP contribution < -0.4 is 10.1 Å². The molecule has 134 valence electrons. The highest BCUT2D eigenvalue weighted by atomic mass is 16.5. The Morgan fingerprint density at radius 2 is 1.85 bits per heavy atom. The molecule has 1 unspecified atom stereocenters. The van der Waals surface area contributed by atoms with E-state index >= 15 is 0 Å². The van der Waals surface area contributed by atoms with Gasteiger partial charge in [-0.05, 0) is 49.6 Å². The molecule has 1 N–H and O–H groups in total. The van der Waals surface area contributed by atoms with Gasteiger partial charge in [-0.1, -0.05) is 37.3 Å². The van der Waals surface area contributed by atoms with E-state index in [2.05, 4.69) is 59.5 Å². The van der Waals surface area contributed by atoms with Gasteiger partial charge in [0.25, 0.3) is 0 Å². The van der Waals surface area contributed by atoms with Crippen LogP contribution >= 0.6 is 0 Å². The van der Waals surface area contributed by atoms with E-state index in [1.165, 1.54) is 5.56 Å². The third-order valence-electron chi connectivity index (χ3n) is 4.43. The molecule has 0 saturated carbocycles. The number of nitrogens with zero attached hydrogens (tertiary/aromatic N) is 2. The number of aryl methyl sites for hydroxylation is 2. The number of ether oxygens (including phenoxy) is 1. The Hall–Kier alpha value is -2.88. The second kappa shape index (κ2) is 8.00. The Labute approximate surface area is 155 Å². The first-order valence-electron chi connectivity index (χ1n) is 8.94. The quantitative estimate of drug-likeness (QED) is 0.666. The summed E-state index contributed by atoms with van der Waals surface area (Å²) in [5.74, 6) is 2.43. The number of hydrogen-bond donors (Lipinski definition) is 1. The van der Waals surface area contributed by atoms with Gasteiger partial charge >= 0.3 is 0 Å². The Balaban J connectivity index is 1.87. The largest absolute Gasteiger partial charge is 0.497 e. The standard InChI is InChI=1S/C22H25N3O/c1-5-17-8-6-10-19(12-17)21-14-22(25-16(3)24-21)23-15(2)18-9-7-11-20(13-18)26-4/h6-15H,5H2,1-4H3,(H,23,24,25). The Morgan fingerprint density at radius 3 is 2.62 bits per heavy atom. The Kier molecular flexibility index (Phi) is 5.52. The number of methoxy groups -OCH3 is 1. The molecule has 1 atom stereocenters. The number of hydrogen-bond acceptors (Lipinski definition) is 4. The van der Waals surface area contributed by atoms with E-state index in [0.717, 1.165) is 40.6 Å². The molecular weight excluding hydrogens is 322 g/mol. The van der Waals surface area contributed by atoms with Crippen molar-refractivity contribution < 1.29 is 4.74 Å². The van der Waals surface area contributed by atoms with Crippen molar-refractivity contribution in [2.75, 3.05) is 12.4 Å². The summed E-state index contributed by atoms with van der Waals surface area (Å²) in [6.07, 6.45) is 1.01. The van der Waals surface area contributed by atoms with Crippen molar-refractivity contribution >= 4 is 5.82 Å². The minimum atomic E-state index is 0.106. The normalized spacial score (nSPS) is 11.8. The molecule has 1 heterocycles. The van der Waals surface area contributed by atoms with Crippen molar-refractivity contribution in [3.05, 3.63) is 71.5 Å². The SMILES string of the molecule is CCc1cccc(-c2cc(NC(C)c3cccc(OC)c3)nc(C)n2)c1. The lowest BCUT2D eigenvalue weighted by Crippen LogP contribution is -2.09. The van der Waals surface area contributed by atoms with Gasteiger partial charge < -0.3 is 10.1 Å². The number of aromatic nitrogens is 2. The van der Waals surface area contributed by atoms with Crippen molar-refractivity contribution in [1.82, 2.24) is 9.97 Å². The van der Waals surface area contributed by atoms with Crippen molar-refractivity contribution in [1.29, 1.82) is 0 Å². The van der Waals surface area contributed by atoms with E-state index in [1.807, 2.05) is 31.2 Å². The lowest BCUT2D eigenvalue weighted by Gasteiger charge is -2.17. The lowest BCUT2D eigenvalue weighted by molar-refractivity contribution is 0.414. The van der Waals surface area contributed by atoms with Crippen molar-refractivity contribution in [3.63, 3.8) is 0 Å². The van der Waals surface area contributed by atoms with Gasteiger partial charge in [0, 0.05) is 11.6 Å². The smallest absolute Gasteiger partial charge is 0.130 e. The molecule has 3 aromatic rings. The zero-order valence-corrected chi connectivity index (χ0v) is 15.8. The summed E-state index contributed by atoms with van der Waals surface area (Å²) < 4.78 is 5.32. The van der Waals surface area contributed by atoms with Gasteiger partial charge in [0.1, 0.15) is 17.4 Å². The topological polar surface area (TPSA) is 47.0 Å². The van der Waals surface area contributed by atoms with Crippen LogP contribution in [0.3, 0.4) is 0 Å². The van der Waals surface area contributed by atoms with Crippen molar-refractivity contribution in [2.24, 2.45) is 0 Å². The number of nitrogens with one attached hydrogen (secondary N) is 1. The fourth-order valence-corrected chi connectivity index (χ4v) is 2.96. The van der Waals surface area contributed by atoms with Gasteiger partial charge in [-0.2, -0.15) is 0 Å². The van der Waals surface area contributed by atoms with Crippen LogP contribution in [0.25, 0.3) is 11.3 Å². The lowest BCUT2D eigenvalue weighted by atomic mass is 10.1. The van der Waals surface area contributed by atoms with Crippen LogP contribution in [0.5, 0.6) is 5.75 Å². The fourth-order valence-electron chi connectivity index (χ4n) is 2.96. The zero-order chi connectivity index (χ0) is 18.5. The maximum atomic E-state index is 5.32. The Morgan fingerprint density at radius 1 is 1.04 bits per heavy atom. The van der Waals surface area contributed by atoms with E-state index < -0.39 is 0 Å². The molecule has 0 bridgehead atoms. The third-order valence-corrected chi connectivity index (χ3v) is 4.43.